The quantitative estimate of drug-likeness (QED) is 0.164. The molecule has 0 fully saturated rings. The minimum atomic E-state index is -4.71. The van der Waals surface area contributed by atoms with Crippen LogP contribution in [-0.2, 0) is 32.6 Å². The highest BCUT2D eigenvalue weighted by molar-refractivity contribution is 7.89. The van der Waals surface area contributed by atoms with Crippen molar-refractivity contribution >= 4 is 42.9 Å². The molecule has 2 aromatic carbocycles. The Morgan fingerprint density at radius 3 is 1.26 bits per heavy atom. The molecule has 202 valence electrons. The highest BCUT2D eigenvalue weighted by Crippen LogP contribution is 2.39. The van der Waals surface area contributed by atoms with Crippen LogP contribution in [0.15, 0.2) is 81.2 Å². The van der Waals surface area contributed by atoms with E-state index in [9.17, 15) is 43.2 Å². The summed E-state index contributed by atoms with van der Waals surface area (Å²) in [6, 6.07) is 11.6. The lowest BCUT2D eigenvalue weighted by Gasteiger charge is -2.09. The van der Waals surface area contributed by atoms with Crippen molar-refractivity contribution in [3.05, 3.63) is 83.9 Å². The van der Waals surface area contributed by atoms with Crippen molar-refractivity contribution < 1.29 is 51.5 Å². The van der Waals surface area contributed by atoms with E-state index in [1.54, 1.807) is 0 Å². The van der Waals surface area contributed by atoms with Crippen LogP contribution >= 0.6 is 22.7 Å². The summed E-state index contributed by atoms with van der Waals surface area (Å²) in [4.78, 5) is 0.559. The molecule has 0 bridgehead atoms. The van der Waals surface area contributed by atoms with E-state index in [1.165, 1.54) is 12.1 Å². The zero-order valence-corrected chi connectivity index (χ0v) is 21.5. The van der Waals surface area contributed by atoms with Crippen LogP contribution in [0.2, 0.25) is 0 Å². The van der Waals surface area contributed by atoms with E-state index in [1.807, 2.05) is 0 Å². The zero-order valence-electron chi connectivity index (χ0n) is 18.3. The van der Waals surface area contributed by atoms with E-state index in [4.69, 9.17) is 8.37 Å². The average molecular weight is 615 g/mol. The molecule has 0 aliphatic heterocycles. The predicted molar refractivity (Wildman–Crippen MR) is 126 cm³/mol. The number of alkyl halides is 6. The van der Waals surface area contributed by atoms with Crippen molar-refractivity contribution in [3.8, 4) is 21.3 Å². The minimum Gasteiger partial charge on any atom is -0.378 e. The second kappa shape index (κ2) is 9.91. The summed E-state index contributed by atoms with van der Waals surface area (Å²) < 4.78 is 137. The zero-order chi connectivity index (χ0) is 27.9. The van der Waals surface area contributed by atoms with Gasteiger partial charge in [0.25, 0.3) is 0 Å². The van der Waals surface area contributed by atoms with Gasteiger partial charge in [0.2, 0.25) is 0 Å². The van der Waals surface area contributed by atoms with Gasteiger partial charge < -0.3 is 8.37 Å². The number of hydrogen-bond acceptors (Lipinski definition) is 8. The van der Waals surface area contributed by atoms with Crippen LogP contribution in [0, 0.1) is 0 Å². The van der Waals surface area contributed by atoms with E-state index < -0.39 is 55.2 Å². The molecule has 0 aliphatic carbocycles. The van der Waals surface area contributed by atoms with Gasteiger partial charge in [-0.3, -0.25) is 0 Å². The molecular formula is C22H12F6O6S4. The molecule has 0 spiro atoms. The van der Waals surface area contributed by atoms with Crippen molar-refractivity contribution in [1.82, 2.24) is 0 Å². The average Bonchev–Trinajstić information content (AvgIpc) is 3.48. The lowest BCUT2D eigenvalue weighted by atomic mass is 10.2. The molecule has 0 amide bonds. The lowest BCUT2D eigenvalue weighted by Crippen LogP contribution is -2.10. The van der Waals surface area contributed by atoms with E-state index in [2.05, 4.69) is 0 Å². The van der Waals surface area contributed by atoms with Crippen LogP contribution in [0.4, 0.5) is 26.3 Å². The van der Waals surface area contributed by atoms with Gasteiger partial charge in [0.05, 0.1) is 11.1 Å². The predicted octanol–water partition coefficient (Wildman–Crippen LogP) is 7.05. The maximum Gasteiger partial charge on any atom is 0.416 e. The fourth-order valence-corrected chi connectivity index (χ4v) is 7.43. The molecule has 2 heterocycles. The molecule has 0 aliphatic rings. The van der Waals surface area contributed by atoms with Crippen LogP contribution in [0.1, 0.15) is 11.1 Å². The van der Waals surface area contributed by atoms with Crippen molar-refractivity contribution in [2.24, 2.45) is 0 Å². The minimum absolute atomic E-state index is 0.279. The molecule has 4 rings (SSSR count). The Morgan fingerprint density at radius 1 is 0.553 bits per heavy atom. The number of rotatable bonds is 7. The topological polar surface area (TPSA) is 86.7 Å². The summed E-state index contributed by atoms with van der Waals surface area (Å²) in [5, 5.41) is 0. The van der Waals surface area contributed by atoms with Crippen LogP contribution in [0.5, 0.6) is 11.5 Å². The van der Waals surface area contributed by atoms with Crippen LogP contribution < -0.4 is 8.37 Å². The fourth-order valence-electron chi connectivity index (χ4n) is 2.96. The molecule has 0 saturated carbocycles. The summed E-state index contributed by atoms with van der Waals surface area (Å²) in [7, 11) is -9.04. The fraction of sp³-hybridized carbons (Fsp3) is 0.0909. The Kier molecular flexibility index (Phi) is 7.28. The first-order valence-electron chi connectivity index (χ1n) is 9.98. The maximum atomic E-state index is 12.9. The summed E-state index contributed by atoms with van der Waals surface area (Å²) in [6.45, 7) is 0. The Labute approximate surface area is 220 Å². The third kappa shape index (κ3) is 6.31. The number of hydrogen-bond donors (Lipinski definition) is 0. The SMILES string of the molecule is O=S(=O)(Oc1cccc(C(F)(F)F)c1)c1ccc(-c2ccc(S(=O)(=O)Oc3cccc(C(F)(F)F)c3)s2)s1. The second-order valence-corrected chi connectivity index (χ2v) is 13.1. The van der Waals surface area contributed by atoms with Gasteiger partial charge >= 0.3 is 32.6 Å². The van der Waals surface area contributed by atoms with Gasteiger partial charge in [-0.15, -0.1) is 22.7 Å². The van der Waals surface area contributed by atoms with E-state index >= 15 is 0 Å². The Balaban J connectivity index is 1.53. The summed E-state index contributed by atoms with van der Waals surface area (Å²) in [5.41, 5.74) is -2.20. The molecule has 0 unspecified atom stereocenters. The number of benzene rings is 2. The van der Waals surface area contributed by atoms with Crippen molar-refractivity contribution in [2.75, 3.05) is 0 Å². The molecule has 0 radical (unpaired) electrons. The van der Waals surface area contributed by atoms with Gasteiger partial charge in [-0.25, -0.2) is 0 Å². The van der Waals surface area contributed by atoms with Gasteiger partial charge in [-0.05, 0) is 60.7 Å². The standard InChI is InChI=1S/C22H12F6O6S4/c23-21(24,25)13-3-1-5-15(11-13)33-37(29,30)19-9-7-17(35-19)18-8-10-20(36-18)38(31,32)34-16-6-2-4-14(12-16)22(26,27)28/h1-12H. The normalized spacial score (nSPS) is 12.9. The van der Waals surface area contributed by atoms with Crippen molar-refractivity contribution in [2.45, 2.75) is 20.8 Å². The molecular weight excluding hydrogens is 602 g/mol. The third-order valence-electron chi connectivity index (χ3n) is 4.63. The first-order valence-corrected chi connectivity index (χ1v) is 14.4. The molecule has 0 atom stereocenters. The van der Waals surface area contributed by atoms with Gasteiger partial charge in [0.15, 0.2) is 8.42 Å². The largest absolute Gasteiger partial charge is 0.416 e. The van der Waals surface area contributed by atoms with E-state index in [-0.39, 0.29) is 18.2 Å². The number of halogens is 6. The van der Waals surface area contributed by atoms with E-state index in [0.717, 1.165) is 48.5 Å². The smallest absolute Gasteiger partial charge is 0.378 e. The molecule has 6 nitrogen and oxygen atoms in total. The molecule has 16 heteroatoms. The summed E-state index contributed by atoms with van der Waals surface area (Å²) in [6.07, 6.45) is -9.41. The maximum absolute atomic E-state index is 12.9. The highest BCUT2D eigenvalue weighted by atomic mass is 32.3. The van der Waals surface area contributed by atoms with Gasteiger partial charge in [0.1, 0.15) is 11.5 Å². The van der Waals surface area contributed by atoms with Gasteiger partial charge in [0, 0.05) is 9.75 Å². The second-order valence-electron chi connectivity index (χ2n) is 7.36. The third-order valence-corrected chi connectivity index (χ3v) is 10.4. The van der Waals surface area contributed by atoms with Crippen LogP contribution in [0.25, 0.3) is 9.75 Å². The number of thiophene rings is 2. The first-order chi connectivity index (χ1) is 17.5. The van der Waals surface area contributed by atoms with Crippen molar-refractivity contribution in [3.63, 3.8) is 0 Å². The van der Waals surface area contributed by atoms with Gasteiger partial charge in [-0.2, -0.15) is 43.2 Å². The van der Waals surface area contributed by atoms with Crippen molar-refractivity contribution in [1.29, 1.82) is 0 Å². The molecule has 0 saturated heterocycles. The Hall–Kier alpha value is -3.08. The lowest BCUT2D eigenvalue weighted by molar-refractivity contribution is -0.138. The van der Waals surface area contributed by atoms with Gasteiger partial charge in [-0.1, -0.05) is 12.1 Å². The van der Waals surface area contributed by atoms with E-state index in [0.29, 0.717) is 34.8 Å². The summed E-state index contributed by atoms with van der Waals surface area (Å²) in [5.74, 6) is -1.10. The molecule has 4 aromatic rings. The molecule has 0 N–H and O–H groups in total. The van der Waals surface area contributed by atoms with Crippen LogP contribution in [0.3, 0.4) is 0 Å². The monoisotopic (exact) mass is 614 g/mol. The highest BCUT2D eigenvalue weighted by Gasteiger charge is 2.32. The Morgan fingerprint density at radius 2 is 0.921 bits per heavy atom. The molecule has 2 aromatic heterocycles. The Bertz CT molecular complexity index is 1560. The summed E-state index contributed by atoms with van der Waals surface area (Å²) >= 11 is 1.34. The molecule has 38 heavy (non-hydrogen) atoms. The first kappa shape index (κ1) is 27.9. The van der Waals surface area contributed by atoms with Crippen LogP contribution in [-0.4, -0.2) is 16.8 Å².